The number of amides is 2. The molecule has 1 aliphatic rings. The van der Waals surface area contributed by atoms with E-state index < -0.39 is 32.9 Å². The summed E-state index contributed by atoms with van der Waals surface area (Å²) in [5.74, 6) is -1.89. The standard InChI is InChI=1S/C15H20N4O4S/c1-10(20)19-13(21)12(8-5-9-18-15(16)17)14(19)24(22,23)11-6-3-2-4-7-11/h2-4,6-7,12,14H,5,8-9H2,1H3,(H4,16,17,18). The SMILES string of the molecule is CC(=O)N1C(=O)C(CCCN=C(N)N)C1S(=O)(=O)c1ccccc1. The molecule has 4 N–H and O–H groups in total. The molecular formula is C15H20N4O4S. The number of carbonyl (C=O) groups is 2. The zero-order valence-corrected chi connectivity index (χ0v) is 14.1. The molecule has 2 rings (SSSR count). The summed E-state index contributed by atoms with van der Waals surface area (Å²) in [6.07, 6.45) is 0.733. The maximum absolute atomic E-state index is 12.8. The van der Waals surface area contributed by atoms with E-state index in [2.05, 4.69) is 4.99 Å². The average Bonchev–Trinajstić information content (AvgIpc) is 2.52. The molecule has 1 aromatic rings. The highest BCUT2D eigenvalue weighted by atomic mass is 32.2. The van der Waals surface area contributed by atoms with Crippen LogP contribution in [0, 0.1) is 5.92 Å². The first-order chi connectivity index (χ1) is 11.3. The van der Waals surface area contributed by atoms with Gasteiger partial charge in [-0.3, -0.25) is 19.5 Å². The number of hydrogen-bond acceptors (Lipinski definition) is 5. The number of carbonyl (C=O) groups excluding carboxylic acids is 2. The Kier molecular flexibility index (Phi) is 5.23. The van der Waals surface area contributed by atoms with E-state index in [0.29, 0.717) is 13.0 Å². The van der Waals surface area contributed by atoms with Crippen LogP contribution in [0.5, 0.6) is 0 Å². The van der Waals surface area contributed by atoms with Gasteiger partial charge in [-0.1, -0.05) is 18.2 Å². The van der Waals surface area contributed by atoms with Crippen molar-refractivity contribution in [2.45, 2.75) is 30.0 Å². The van der Waals surface area contributed by atoms with Crippen molar-refractivity contribution in [1.29, 1.82) is 0 Å². The van der Waals surface area contributed by atoms with E-state index in [1.807, 2.05) is 0 Å². The second-order valence-corrected chi connectivity index (χ2v) is 7.58. The summed E-state index contributed by atoms with van der Waals surface area (Å²) < 4.78 is 25.6. The van der Waals surface area contributed by atoms with Crippen LogP contribution >= 0.6 is 0 Å². The van der Waals surface area contributed by atoms with Crippen molar-refractivity contribution >= 4 is 27.6 Å². The number of β-lactam (4-membered cyclic amide) rings is 1. The Balaban J connectivity index is 2.23. The van der Waals surface area contributed by atoms with Crippen molar-refractivity contribution in [2.24, 2.45) is 22.4 Å². The lowest BCUT2D eigenvalue weighted by Crippen LogP contribution is -2.65. The Hall–Kier alpha value is -2.42. The third-order valence-corrected chi connectivity index (χ3v) is 5.95. The highest BCUT2D eigenvalue weighted by molar-refractivity contribution is 7.92. The summed E-state index contributed by atoms with van der Waals surface area (Å²) >= 11 is 0. The van der Waals surface area contributed by atoms with Gasteiger partial charge in [0.05, 0.1) is 10.8 Å². The normalized spacial score (nSPS) is 20.4. The number of hydrogen-bond donors (Lipinski definition) is 2. The molecule has 2 unspecified atom stereocenters. The maximum atomic E-state index is 12.8. The number of nitrogens with two attached hydrogens (primary N) is 2. The smallest absolute Gasteiger partial charge is 0.236 e. The topological polar surface area (TPSA) is 136 Å². The lowest BCUT2D eigenvalue weighted by atomic mass is 9.93. The minimum absolute atomic E-state index is 0.0613. The van der Waals surface area contributed by atoms with Crippen LogP contribution in [0.1, 0.15) is 19.8 Å². The first-order valence-electron chi connectivity index (χ1n) is 7.44. The van der Waals surface area contributed by atoms with E-state index in [9.17, 15) is 18.0 Å². The molecule has 9 heteroatoms. The van der Waals surface area contributed by atoms with Crippen LogP contribution in [0.25, 0.3) is 0 Å². The van der Waals surface area contributed by atoms with Crippen molar-refractivity contribution in [2.75, 3.05) is 6.54 Å². The minimum Gasteiger partial charge on any atom is -0.370 e. The molecule has 24 heavy (non-hydrogen) atoms. The molecule has 8 nitrogen and oxygen atoms in total. The van der Waals surface area contributed by atoms with E-state index in [1.54, 1.807) is 18.2 Å². The van der Waals surface area contributed by atoms with Crippen LogP contribution in [0.2, 0.25) is 0 Å². The molecule has 2 amide bonds. The Morgan fingerprint density at radius 2 is 1.88 bits per heavy atom. The van der Waals surface area contributed by atoms with Crippen LogP contribution < -0.4 is 11.5 Å². The number of aliphatic imine (C=N–C) groups is 1. The van der Waals surface area contributed by atoms with Crippen molar-refractivity contribution in [1.82, 2.24) is 4.90 Å². The fourth-order valence-electron chi connectivity index (χ4n) is 2.75. The molecule has 2 atom stereocenters. The second-order valence-electron chi connectivity index (χ2n) is 5.53. The third kappa shape index (κ3) is 3.40. The first kappa shape index (κ1) is 17.9. The summed E-state index contributed by atoms with van der Waals surface area (Å²) in [5.41, 5.74) is 10.5. The van der Waals surface area contributed by atoms with Gasteiger partial charge in [0.2, 0.25) is 21.7 Å². The molecule has 1 saturated heterocycles. The molecule has 0 spiro atoms. The first-order valence-corrected chi connectivity index (χ1v) is 8.99. The third-order valence-electron chi connectivity index (χ3n) is 3.85. The molecule has 1 aliphatic heterocycles. The van der Waals surface area contributed by atoms with Gasteiger partial charge in [-0.15, -0.1) is 0 Å². The summed E-state index contributed by atoms with van der Waals surface area (Å²) in [5, 5.41) is -1.18. The molecule has 0 bridgehead atoms. The molecule has 0 radical (unpaired) electrons. The summed E-state index contributed by atoms with van der Waals surface area (Å²) in [7, 11) is -3.83. The molecule has 0 aromatic heterocycles. The molecule has 1 heterocycles. The molecule has 130 valence electrons. The maximum Gasteiger partial charge on any atom is 0.236 e. The second kappa shape index (κ2) is 7.00. The zero-order chi connectivity index (χ0) is 17.9. The van der Waals surface area contributed by atoms with Gasteiger partial charge >= 0.3 is 0 Å². The zero-order valence-electron chi connectivity index (χ0n) is 13.3. The average molecular weight is 352 g/mol. The molecule has 1 fully saturated rings. The van der Waals surface area contributed by atoms with Crippen molar-refractivity contribution in [3.63, 3.8) is 0 Å². The lowest BCUT2D eigenvalue weighted by molar-refractivity contribution is -0.160. The van der Waals surface area contributed by atoms with E-state index in [1.165, 1.54) is 19.1 Å². The quantitative estimate of drug-likeness (QED) is 0.316. The van der Waals surface area contributed by atoms with E-state index in [0.717, 1.165) is 4.90 Å². The van der Waals surface area contributed by atoms with Crippen molar-refractivity contribution in [3.05, 3.63) is 30.3 Å². The number of benzene rings is 1. The highest BCUT2D eigenvalue weighted by Crippen LogP contribution is 2.37. The monoisotopic (exact) mass is 352 g/mol. The fourth-order valence-corrected chi connectivity index (χ4v) is 4.78. The van der Waals surface area contributed by atoms with Crippen LogP contribution in [0.15, 0.2) is 40.2 Å². The Morgan fingerprint density at radius 3 is 2.42 bits per heavy atom. The van der Waals surface area contributed by atoms with Gasteiger partial charge in [0, 0.05) is 13.5 Å². The van der Waals surface area contributed by atoms with Gasteiger partial charge in [0.15, 0.2) is 11.3 Å². The highest BCUT2D eigenvalue weighted by Gasteiger charge is 2.56. The van der Waals surface area contributed by atoms with Crippen LogP contribution in [-0.2, 0) is 19.4 Å². The molecular weight excluding hydrogens is 332 g/mol. The van der Waals surface area contributed by atoms with Gasteiger partial charge in [0.25, 0.3) is 0 Å². The summed E-state index contributed by atoms with van der Waals surface area (Å²) in [4.78, 5) is 28.6. The number of likely N-dealkylation sites (tertiary alicyclic amines) is 1. The van der Waals surface area contributed by atoms with Gasteiger partial charge in [-0.25, -0.2) is 8.42 Å². The fraction of sp³-hybridized carbons (Fsp3) is 0.400. The van der Waals surface area contributed by atoms with Crippen LogP contribution in [0.4, 0.5) is 0 Å². The Labute approximate surface area is 140 Å². The van der Waals surface area contributed by atoms with Gasteiger partial charge in [-0.05, 0) is 25.0 Å². The van der Waals surface area contributed by atoms with Crippen LogP contribution in [0.3, 0.4) is 0 Å². The van der Waals surface area contributed by atoms with Gasteiger partial charge < -0.3 is 11.5 Å². The number of imide groups is 1. The van der Waals surface area contributed by atoms with Gasteiger partial charge in [-0.2, -0.15) is 0 Å². The largest absolute Gasteiger partial charge is 0.370 e. The predicted octanol–water partition coefficient (Wildman–Crippen LogP) is -0.155. The molecule has 0 aliphatic carbocycles. The van der Waals surface area contributed by atoms with E-state index >= 15 is 0 Å². The Morgan fingerprint density at radius 1 is 1.25 bits per heavy atom. The lowest BCUT2D eigenvalue weighted by Gasteiger charge is -2.44. The van der Waals surface area contributed by atoms with Crippen LogP contribution in [-0.4, -0.2) is 43.0 Å². The number of guanidine groups is 1. The molecule has 0 saturated carbocycles. The Bertz CT molecular complexity index is 757. The van der Waals surface area contributed by atoms with Crippen molar-refractivity contribution < 1.29 is 18.0 Å². The molecule has 1 aromatic carbocycles. The van der Waals surface area contributed by atoms with E-state index in [4.69, 9.17) is 11.5 Å². The van der Waals surface area contributed by atoms with Gasteiger partial charge in [0.1, 0.15) is 0 Å². The minimum atomic E-state index is -3.83. The summed E-state index contributed by atoms with van der Waals surface area (Å²) in [6.45, 7) is 1.48. The number of sulfone groups is 1. The van der Waals surface area contributed by atoms with Crippen molar-refractivity contribution in [3.8, 4) is 0 Å². The number of nitrogens with zero attached hydrogens (tertiary/aromatic N) is 2. The predicted molar refractivity (Wildman–Crippen MR) is 88.3 cm³/mol. The number of rotatable bonds is 6. The van der Waals surface area contributed by atoms with E-state index in [-0.39, 0.29) is 17.3 Å². The summed E-state index contributed by atoms with van der Waals surface area (Å²) in [6, 6.07) is 7.79.